The van der Waals surface area contributed by atoms with Crippen LogP contribution in [-0.4, -0.2) is 17.1 Å². The highest BCUT2D eigenvalue weighted by atomic mass is 35.5. The topological polar surface area (TPSA) is 67.0 Å². The predicted octanol–water partition coefficient (Wildman–Crippen LogP) is 6.13. The van der Waals surface area contributed by atoms with Crippen molar-refractivity contribution in [2.24, 2.45) is 7.05 Å². The van der Waals surface area contributed by atoms with Gasteiger partial charge in [0.2, 0.25) is 5.91 Å². The number of hydrogen-bond donors (Lipinski definition) is 1. The van der Waals surface area contributed by atoms with E-state index < -0.39 is 5.60 Å². The van der Waals surface area contributed by atoms with Gasteiger partial charge in [-0.3, -0.25) is 4.79 Å². The molecule has 168 valence electrons. The Morgan fingerprint density at radius 2 is 1.65 bits per heavy atom. The van der Waals surface area contributed by atoms with E-state index in [1.54, 1.807) is 18.2 Å². The van der Waals surface area contributed by atoms with Crippen molar-refractivity contribution in [2.45, 2.75) is 5.60 Å². The number of halogens is 2. The van der Waals surface area contributed by atoms with Crippen molar-refractivity contribution in [1.82, 2.24) is 4.57 Å². The molecule has 5 nitrogen and oxygen atoms in total. The number of hydrogen-bond acceptors (Lipinski definition) is 3. The molecule has 0 fully saturated rings. The lowest BCUT2D eigenvalue weighted by Crippen LogP contribution is -2.33. The molecule has 1 amide bonds. The minimum absolute atomic E-state index is 0.161. The van der Waals surface area contributed by atoms with Crippen LogP contribution >= 0.6 is 23.2 Å². The van der Waals surface area contributed by atoms with Crippen LogP contribution in [0.25, 0.3) is 11.3 Å². The second-order valence-electron chi connectivity index (χ2n) is 8.07. The second kappa shape index (κ2) is 8.66. The van der Waals surface area contributed by atoms with Gasteiger partial charge in [0.25, 0.3) is 0 Å². The molecule has 34 heavy (non-hydrogen) atoms. The highest BCUT2D eigenvalue weighted by Gasteiger charge is 2.42. The van der Waals surface area contributed by atoms with Gasteiger partial charge in [0, 0.05) is 34.0 Å². The summed E-state index contributed by atoms with van der Waals surface area (Å²) in [5.41, 5.74) is 4.01. The number of carbonyl (C=O) groups is 1. The van der Waals surface area contributed by atoms with Crippen molar-refractivity contribution in [3.8, 4) is 17.3 Å². The zero-order chi connectivity index (χ0) is 23.9. The zero-order valence-electron chi connectivity index (χ0n) is 18.2. The van der Waals surface area contributed by atoms with E-state index in [0.29, 0.717) is 21.4 Å². The van der Waals surface area contributed by atoms with Crippen LogP contribution in [0.3, 0.4) is 0 Å². The lowest BCUT2D eigenvalue weighted by molar-refractivity contribution is -0.123. The highest BCUT2D eigenvalue weighted by Crippen LogP contribution is 2.47. The molecule has 0 saturated carbocycles. The fourth-order valence-corrected chi connectivity index (χ4v) is 4.89. The van der Waals surface area contributed by atoms with Gasteiger partial charge in [-0.15, -0.1) is 0 Å². The lowest BCUT2D eigenvalue weighted by Gasteiger charge is -2.35. The van der Waals surface area contributed by atoms with Crippen molar-refractivity contribution >= 4 is 34.8 Å². The number of benzene rings is 3. The average Bonchev–Trinajstić information content (AvgIpc) is 3.13. The summed E-state index contributed by atoms with van der Waals surface area (Å²) in [4.78, 5) is 12.7. The van der Waals surface area contributed by atoms with Crippen LogP contribution in [0.5, 0.6) is 0 Å². The van der Waals surface area contributed by atoms with Gasteiger partial charge in [0.05, 0.1) is 0 Å². The minimum Gasteiger partial charge on any atom is -0.351 e. The van der Waals surface area contributed by atoms with Crippen LogP contribution in [-0.2, 0) is 22.2 Å². The monoisotopic (exact) mass is 487 g/mol. The molecule has 0 atom stereocenters. The maximum atomic E-state index is 12.7. The number of rotatable bonds is 3. The first-order chi connectivity index (χ1) is 16.4. The number of fused-ring (bicyclic) bond motifs is 1. The summed E-state index contributed by atoms with van der Waals surface area (Å²) in [6, 6.07) is 26.5. The van der Waals surface area contributed by atoms with Gasteiger partial charge in [0.15, 0.2) is 0 Å². The van der Waals surface area contributed by atoms with Crippen LogP contribution in [0, 0.1) is 11.3 Å². The molecule has 1 aliphatic rings. The predicted molar refractivity (Wildman–Crippen MR) is 133 cm³/mol. The van der Waals surface area contributed by atoms with E-state index in [0.717, 1.165) is 27.9 Å². The van der Waals surface area contributed by atoms with Crippen LogP contribution < -0.4 is 5.32 Å². The van der Waals surface area contributed by atoms with Crippen molar-refractivity contribution in [3.05, 3.63) is 111 Å². The molecule has 2 heterocycles. The number of aromatic nitrogens is 1. The summed E-state index contributed by atoms with van der Waals surface area (Å²) < 4.78 is 8.30. The van der Waals surface area contributed by atoms with Crippen LogP contribution in [0.2, 0.25) is 10.0 Å². The Balaban J connectivity index is 1.85. The number of nitrogens with one attached hydrogen (secondary N) is 1. The number of anilines is 1. The third-order valence-corrected chi connectivity index (χ3v) is 6.56. The van der Waals surface area contributed by atoms with Gasteiger partial charge in [-0.25, -0.2) is 0 Å². The molecule has 1 aromatic heterocycles. The van der Waals surface area contributed by atoms with Crippen LogP contribution in [0.4, 0.5) is 5.69 Å². The number of nitrogens with zero attached hydrogens (tertiary/aromatic N) is 2. The fourth-order valence-electron chi connectivity index (χ4n) is 4.51. The lowest BCUT2D eigenvalue weighted by atomic mass is 9.78. The first-order valence-corrected chi connectivity index (χ1v) is 11.3. The summed E-state index contributed by atoms with van der Waals surface area (Å²) in [6.45, 7) is -0.161. The van der Waals surface area contributed by atoms with Crippen molar-refractivity contribution in [2.75, 3.05) is 11.9 Å². The van der Waals surface area contributed by atoms with E-state index in [4.69, 9.17) is 27.9 Å². The second-order valence-corrected chi connectivity index (χ2v) is 8.95. The van der Waals surface area contributed by atoms with E-state index in [1.165, 1.54) is 0 Å². The molecule has 4 aromatic rings. The van der Waals surface area contributed by atoms with E-state index in [9.17, 15) is 10.1 Å². The molecular weight excluding hydrogens is 469 g/mol. The van der Waals surface area contributed by atoms with Crippen molar-refractivity contribution in [3.63, 3.8) is 0 Å². The number of ether oxygens (including phenoxy) is 1. The van der Waals surface area contributed by atoms with Gasteiger partial charge in [-0.1, -0.05) is 53.5 Å². The molecule has 3 aromatic carbocycles. The summed E-state index contributed by atoms with van der Waals surface area (Å²) in [6.07, 6.45) is 0. The summed E-state index contributed by atoms with van der Waals surface area (Å²) >= 11 is 12.8. The Morgan fingerprint density at radius 1 is 0.971 bits per heavy atom. The Hall–Kier alpha value is -3.56. The Morgan fingerprint density at radius 3 is 2.24 bits per heavy atom. The smallest absolute Gasteiger partial charge is 0.250 e. The highest BCUT2D eigenvalue weighted by molar-refractivity contribution is 6.31. The first kappa shape index (κ1) is 22.2. The molecular formula is C27H19Cl2N3O2. The number of carbonyl (C=O) groups excluding carboxylic acids is 1. The maximum Gasteiger partial charge on any atom is 0.250 e. The van der Waals surface area contributed by atoms with Gasteiger partial charge < -0.3 is 14.6 Å². The first-order valence-electron chi connectivity index (χ1n) is 10.6. The van der Waals surface area contributed by atoms with Gasteiger partial charge in [-0.2, -0.15) is 5.26 Å². The van der Waals surface area contributed by atoms with E-state index in [2.05, 4.69) is 11.4 Å². The van der Waals surface area contributed by atoms with Crippen LogP contribution in [0.15, 0.2) is 78.9 Å². The molecule has 0 saturated heterocycles. The Bertz CT molecular complexity index is 1420. The summed E-state index contributed by atoms with van der Waals surface area (Å²) in [7, 11) is 1.85. The molecule has 0 radical (unpaired) electrons. The SMILES string of the molecule is Cn1c(C#N)ccc1-c1ccc2c(c1)C(c1cccc(Cl)c1)(c1cccc(Cl)c1)OCC(=O)N2. The van der Waals surface area contributed by atoms with E-state index >= 15 is 0 Å². The van der Waals surface area contributed by atoms with Gasteiger partial charge in [0.1, 0.15) is 24.0 Å². The molecule has 7 heteroatoms. The quantitative estimate of drug-likeness (QED) is 0.377. The maximum absolute atomic E-state index is 12.7. The van der Waals surface area contributed by atoms with Gasteiger partial charge >= 0.3 is 0 Å². The Labute approximate surface area is 207 Å². The summed E-state index contributed by atoms with van der Waals surface area (Å²) in [5.74, 6) is -0.259. The molecule has 1 N–H and O–H groups in total. The van der Waals surface area contributed by atoms with Crippen molar-refractivity contribution < 1.29 is 9.53 Å². The Kier molecular flexibility index (Phi) is 5.66. The number of amides is 1. The average molecular weight is 488 g/mol. The largest absolute Gasteiger partial charge is 0.351 e. The number of nitriles is 1. The van der Waals surface area contributed by atoms with E-state index in [1.807, 2.05) is 72.3 Å². The minimum atomic E-state index is -1.16. The summed E-state index contributed by atoms with van der Waals surface area (Å²) in [5, 5.41) is 13.5. The van der Waals surface area contributed by atoms with Crippen molar-refractivity contribution in [1.29, 1.82) is 5.26 Å². The third kappa shape index (κ3) is 3.66. The standard InChI is InChI=1S/C27H19Cl2N3O2/c1-32-22(15-30)9-11-25(32)17-8-10-24-23(12-17)27(34-16-26(33)31-24,18-4-2-6-20(28)13-18)19-5-3-7-21(29)14-19/h2-14H,16H2,1H3,(H,31,33). The fraction of sp³-hybridized carbons (Fsp3) is 0.111. The molecule has 5 rings (SSSR count). The molecule has 0 spiro atoms. The molecule has 1 aliphatic heterocycles. The zero-order valence-corrected chi connectivity index (χ0v) is 19.7. The van der Waals surface area contributed by atoms with Crippen LogP contribution in [0.1, 0.15) is 22.4 Å². The molecule has 0 aliphatic carbocycles. The normalized spacial score (nSPS) is 14.6. The third-order valence-electron chi connectivity index (χ3n) is 6.09. The van der Waals surface area contributed by atoms with E-state index in [-0.39, 0.29) is 12.5 Å². The van der Waals surface area contributed by atoms with Gasteiger partial charge in [-0.05, 0) is 65.2 Å². The molecule has 0 unspecified atom stereocenters. The molecule has 0 bridgehead atoms.